The molecule has 0 spiro atoms. The van der Waals surface area contributed by atoms with Crippen LogP contribution in [0.1, 0.15) is 18.4 Å². The lowest BCUT2D eigenvalue weighted by Crippen LogP contribution is -2.31. The van der Waals surface area contributed by atoms with Crippen LogP contribution in [0.15, 0.2) is 103 Å². The summed E-state index contributed by atoms with van der Waals surface area (Å²) < 4.78 is 2.02. The second-order valence-electron chi connectivity index (χ2n) is 11.8. The summed E-state index contributed by atoms with van der Waals surface area (Å²) in [7, 11) is 12.8. The molecule has 216 valence electrons. The Hall–Kier alpha value is -5.48. The number of fused-ring (bicyclic) bond motifs is 3. The van der Waals surface area contributed by atoms with Gasteiger partial charge >= 0.3 is 0 Å². The minimum absolute atomic E-state index is 0.0243. The van der Waals surface area contributed by atoms with Gasteiger partial charge in [-0.25, -0.2) is 4.98 Å². The zero-order valence-electron chi connectivity index (χ0n) is 25.3. The van der Waals surface area contributed by atoms with Crippen LogP contribution in [0.25, 0.3) is 73.3 Å². The van der Waals surface area contributed by atoms with Gasteiger partial charge in [0, 0.05) is 5.56 Å². The van der Waals surface area contributed by atoms with Gasteiger partial charge < -0.3 is 10.2 Å². The van der Waals surface area contributed by atoms with E-state index in [0.29, 0.717) is 11.4 Å². The Balaban J connectivity index is 1.52. The van der Waals surface area contributed by atoms with Crippen molar-refractivity contribution in [2.75, 3.05) is 0 Å². The molecule has 0 amide bonds. The number of nitrogens with zero attached hydrogens (tertiary/aromatic N) is 2. The number of hydrogen-bond acceptors (Lipinski definition) is 3. The van der Waals surface area contributed by atoms with Crippen molar-refractivity contribution in [1.29, 1.82) is 0 Å². The van der Waals surface area contributed by atoms with E-state index in [0.717, 1.165) is 46.1 Å². The molecule has 8 rings (SSSR count). The Morgan fingerprint density at radius 3 is 2.00 bits per heavy atom. The minimum atomic E-state index is -0.209. The highest BCUT2D eigenvalue weighted by molar-refractivity contribution is 6.43. The topological polar surface area (TPSA) is 58.3 Å². The number of phenols is 2. The van der Waals surface area contributed by atoms with Crippen LogP contribution in [-0.2, 0) is 0 Å². The Morgan fingerprint density at radius 1 is 0.630 bits per heavy atom. The molecule has 0 saturated carbocycles. The number of benzene rings is 6. The number of hydrogen-bond donors (Lipinski definition) is 2. The molecule has 4 radical (unpaired) electrons. The normalized spacial score (nSPS) is 12.5. The van der Waals surface area contributed by atoms with Crippen LogP contribution in [0.3, 0.4) is 0 Å². The smallest absolute Gasteiger partial charge is 0.149 e. The van der Waals surface area contributed by atoms with E-state index >= 15 is 0 Å². The molecule has 1 aliphatic carbocycles. The Morgan fingerprint density at radius 2 is 1.24 bits per heavy atom. The van der Waals surface area contributed by atoms with E-state index in [1.807, 2.05) is 34.9 Å². The first-order valence-electron chi connectivity index (χ1n) is 15.4. The molecule has 46 heavy (non-hydrogen) atoms. The molecular formula is C40H28B2N2O2. The molecule has 1 heterocycles. The molecule has 6 aromatic carbocycles. The Kier molecular flexibility index (Phi) is 6.61. The van der Waals surface area contributed by atoms with E-state index in [9.17, 15) is 10.2 Å². The number of aromatic hydroxyl groups is 2. The molecule has 0 saturated heterocycles. The summed E-state index contributed by atoms with van der Waals surface area (Å²) >= 11 is 0. The van der Waals surface area contributed by atoms with Gasteiger partial charge in [0.1, 0.15) is 33.0 Å². The summed E-state index contributed by atoms with van der Waals surface area (Å²) in [4.78, 5) is 4.97. The average molecular weight is 590 g/mol. The summed E-state index contributed by atoms with van der Waals surface area (Å²) in [6.45, 7) is 1.63. The number of rotatable bonds is 4. The van der Waals surface area contributed by atoms with Crippen molar-refractivity contribution < 1.29 is 10.2 Å². The molecule has 1 aromatic heterocycles. The summed E-state index contributed by atoms with van der Waals surface area (Å²) in [6.07, 6.45) is 6.64. The highest BCUT2D eigenvalue weighted by Crippen LogP contribution is 2.39. The van der Waals surface area contributed by atoms with Crippen LogP contribution in [0, 0.1) is 6.92 Å². The predicted molar refractivity (Wildman–Crippen MR) is 191 cm³/mol. The maximum Gasteiger partial charge on any atom is 0.149 e. The van der Waals surface area contributed by atoms with E-state index in [4.69, 9.17) is 20.7 Å². The van der Waals surface area contributed by atoms with Crippen molar-refractivity contribution in [2.45, 2.75) is 19.8 Å². The van der Waals surface area contributed by atoms with Crippen LogP contribution in [-0.4, -0.2) is 35.5 Å². The third kappa shape index (κ3) is 4.13. The Labute approximate surface area is 269 Å². The maximum absolute atomic E-state index is 11.4. The summed E-state index contributed by atoms with van der Waals surface area (Å²) in [5, 5.41) is 27.1. The van der Waals surface area contributed by atoms with Crippen molar-refractivity contribution in [3.05, 3.63) is 119 Å². The fourth-order valence-electron chi connectivity index (χ4n) is 7.00. The standard InChI is InChI=1S/C40H28B2N2O2/c1-23-36(41)39(46)35(37(42)38(23)45)40-43-30-20-10-12-22-32(30)44(40)31-21-11-9-19-29(31)34-27-17-7-5-15-25(27)33(24-13-3-2-4-14-24)26-16-6-8-18-28(26)34/h2-5,7,9-22,45-46H,6,8H2,1H3. The molecule has 0 fully saturated rings. The minimum Gasteiger partial charge on any atom is -0.508 e. The summed E-state index contributed by atoms with van der Waals surface area (Å²) in [5.74, 6) is 0.0129. The fraction of sp³-hybridized carbons (Fsp3) is 0.0750. The molecule has 0 aliphatic heterocycles. The monoisotopic (exact) mass is 590 g/mol. The van der Waals surface area contributed by atoms with E-state index in [1.54, 1.807) is 6.92 Å². The number of phenolic OH excluding ortho intramolecular Hbond substituents is 2. The van der Waals surface area contributed by atoms with Crippen molar-refractivity contribution in [1.82, 2.24) is 9.55 Å². The van der Waals surface area contributed by atoms with E-state index in [2.05, 4.69) is 84.9 Å². The molecule has 7 aromatic rings. The predicted octanol–water partition coefficient (Wildman–Crippen LogP) is 5.84. The van der Waals surface area contributed by atoms with Gasteiger partial charge in [-0.05, 0) is 92.4 Å². The molecule has 4 nitrogen and oxygen atoms in total. The highest BCUT2D eigenvalue weighted by Gasteiger charge is 2.25. The lowest BCUT2D eigenvalue weighted by molar-refractivity contribution is 0.465. The van der Waals surface area contributed by atoms with Crippen LogP contribution < -0.4 is 21.4 Å². The molecule has 0 bridgehead atoms. The second kappa shape index (κ2) is 10.8. The molecular weight excluding hydrogens is 562 g/mol. The quantitative estimate of drug-likeness (QED) is 0.200. The average Bonchev–Trinajstić information content (AvgIpc) is 3.48. The summed E-state index contributed by atoms with van der Waals surface area (Å²) in [6, 6.07) is 35.3. The molecule has 1 aliphatic rings. The zero-order chi connectivity index (χ0) is 31.5. The third-order valence-electron chi connectivity index (χ3n) is 9.19. The number of aromatic nitrogens is 2. The SMILES string of the molecule is [B]c1c(C)c(O)c([B])c(-c2nc3ccccc3n2-c2ccccc2-c2c3c(c(-c4ccccc4)c4ccccc24)=CCCC=3)c1O. The second-order valence-corrected chi connectivity index (χ2v) is 11.8. The van der Waals surface area contributed by atoms with Crippen molar-refractivity contribution in [3.8, 4) is 50.8 Å². The summed E-state index contributed by atoms with van der Waals surface area (Å²) in [5.41, 5.74) is 7.58. The van der Waals surface area contributed by atoms with Crippen molar-refractivity contribution >= 4 is 60.6 Å². The largest absolute Gasteiger partial charge is 0.508 e. The van der Waals surface area contributed by atoms with Crippen LogP contribution >= 0.6 is 0 Å². The molecule has 2 N–H and O–H groups in total. The number of para-hydroxylation sites is 3. The highest BCUT2D eigenvalue weighted by atomic mass is 16.3. The van der Waals surface area contributed by atoms with Crippen molar-refractivity contribution in [2.24, 2.45) is 0 Å². The van der Waals surface area contributed by atoms with E-state index in [-0.39, 0.29) is 28.0 Å². The van der Waals surface area contributed by atoms with Gasteiger partial charge in [-0.1, -0.05) is 97.1 Å². The lowest BCUT2D eigenvalue weighted by Gasteiger charge is -2.22. The third-order valence-corrected chi connectivity index (χ3v) is 9.19. The first-order valence-corrected chi connectivity index (χ1v) is 15.4. The van der Waals surface area contributed by atoms with Crippen molar-refractivity contribution in [3.63, 3.8) is 0 Å². The van der Waals surface area contributed by atoms with Gasteiger partial charge in [0.2, 0.25) is 0 Å². The fourth-order valence-corrected chi connectivity index (χ4v) is 7.00. The van der Waals surface area contributed by atoms with Crippen LogP contribution in [0.5, 0.6) is 11.5 Å². The lowest BCUT2D eigenvalue weighted by atomic mass is 9.79. The molecule has 6 heteroatoms. The first-order chi connectivity index (χ1) is 22.5. The van der Waals surface area contributed by atoms with E-state index in [1.165, 1.54) is 27.0 Å². The zero-order valence-corrected chi connectivity index (χ0v) is 25.3. The Bertz CT molecular complexity index is 2450. The van der Waals surface area contributed by atoms with Gasteiger partial charge in [0.05, 0.1) is 22.3 Å². The molecule has 0 atom stereocenters. The maximum atomic E-state index is 11.4. The number of imidazole rings is 1. The van der Waals surface area contributed by atoms with Crippen LogP contribution in [0.4, 0.5) is 0 Å². The van der Waals surface area contributed by atoms with Gasteiger partial charge in [0.25, 0.3) is 0 Å². The van der Waals surface area contributed by atoms with Gasteiger partial charge in [-0.3, -0.25) is 4.57 Å². The van der Waals surface area contributed by atoms with E-state index < -0.39 is 0 Å². The van der Waals surface area contributed by atoms with Crippen LogP contribution in [0.2, 0.25) is 0 Å². The molecule has 0 unspecified atom stereocenters. The van der Waals surface area contributed by atoms with Gasteiger partial charge in [-0.2, -0.15) is 0 Å². The van der Waals surface area contributed by atoms with Gasteiger partial charge in [-0.15, -0.1) is 0 Å². The van der Waals surface area contributed by atoms with Gasteiger partial charge in [0.15, 0.2) is 0 Å². The first kappa shape index (κ1) is 28.0.